The predicted molar refractivity (Wildman–Crippen MR) is 62.1 cm³/mol. The van der Waals surface area contributed by atoms with E-state index < -0.39 is 0 Å². The minimum atomic E-state index is 0.691. The Hall–Kier alpha value is -1.02. The van der Waals surface area contributed by atoms with Crippen molar-refractivity contribution in [3.05, 3.63) is 29.3 Å². The van der Waals surface area contributed by atoms with E-state index in [0.717, 1.165) is 18.8 Å². The first-order chi connectivity index (χ1) is 6.61. The van der Waals surface area contributed by atoms with Crippen LogP contribution in [0, 0.1) is 12.8 Å². The summed E-state index contributed by atoms with van der Waals surface area (Å²) in [6.07, 6.45) is 0. The molecule has 0 radical (unpaired) electrons. The molecule has 0 heterocycles. The quantitative estimate of drug-likeness (QED) is 0.718. The molecule has 0 fully saturated rings. The third kappa shape index (κ3) is 3.04. The van der Waals surface area contributed by atoms with Crippen molar-refractivity contribution in [3.63, 3.8) is 0 Å². The van der Waals surface area contributed by atoms with Gasteiger partial charge in [-0.3, -0.25) is 0 Å². The van der Waals surface area contributed by atoms with Gasteiger partial charge in [-0.2, -0.15) is 0 Å². The number of nitrogens with one attached hydrogen (secondary N) is 1. The number of anilines is 1. The summed E-state index contributed by atoms with van der Waals surface area (Å²) >= 11 is 0. The van der Waals surface area contributed by atoms with E-state index in [1.54, 1.807) is 0 Å². The molecule has 78 valence electrons. The van der Waals surface area contributed by atoms with E-state index >= 15 is 0 Å². The molecule has 3 N–H and O–H groups in total. The number of hydrogen-bond acceptors (Lipinski definition) is 2. The fourth-order valence-corrected chi connectivity index (χ4v) is 1.39. The Bertz CT molecular complexity index is 292. The molecule has 0 bridgehead atoms. The highest BCUT2D eigenvalue weighted by atomic mass is 14.9. The van der Waals surface area contributed by atoms with Crippen LogP contribution in [0.5, 0.6) is 0 Å². The Morgan fingerprint density at radius 1 is 1.36 bits per heavy atom. The fourth-order valence-electron chi connectivity index (χ4n) is 1.39. The molecule has 0 aromatic heterocycles. The van der Waals surface area contributed by atoms with Crippen LogP contribution in [0.4, 0.5) is 5.69 Å². The van der Waals surface area contributed by atoms with E-state index in [2.05, 4.69) is 32.2 Å². The van der Waals surface area contributed by atoms with Gasteiger partial charge in [0, 0.05) is 12.2 Å². The van der Waals surface area contributed by atoms with Crippen molar-refractivity contribution in [2.75, 3.05) is 12.3 Å². The Morgan fingerprint density at radius 3 is 2.71 bits per heavy atom. The van der Waals surface area contributed by atoms with Crippen LogP contribution in [-0.2, 0) is 6.54 Å². The predicted octanol–water partition coefficient (Wildman–Crippen LogP) is 2.32. The molecule has 2 heteroatoms. The first kappa shape index (κ1) is 11.1. The van der Waals surface area contributed by atoms with Gasteiger partial charge in [0.05, 0.1) is 0 Å². The molecule has 1 aromatic carbocycles. The average molecular weight is 192 g/mol. The van der Waals surface area contributed by atoms with Crippen LogP contribution in [0.25, 0.3) is 0 Å². The zero-order chi connectivity index (χ0) is 10.6. The minimum absolute atomic E-state index is 0.691. The first-order valence-electron chi connectivity index (χ1n) is 5.16. The Kier molecular flexibility index (Phi) is 3.96. The van der Waals surface area contributed by atoms with E-state index in [1.807, 2.05) is 12.1 Å². The summed E-state index contributed by atoms with van der Waals surface area (Å²) in [4.78, 5) is 0. The number of rotatable bonds is 4. The molecule has 14 heavy (non-hydrogen) atoms. The lowest BCUT2D eigenvalue weighted by atomic mass is 10.1. The highest BCUT2D eigenvalue weighted by molar-refractivity contribution is 5.49. The van der Waals surface area contributed by atoms with Crippen LogP contribution in [0.2, 0.25) is 0 Å². The van der Waals surface area contributed by atoms with Crippen molar-refractivity contribution in [1.29, 1.82) is 0 Å². The molecule has 0 amide bonds. The molecular weight excluding hydrogens is 172 g/mol. The van der Waals surface area contributed by atoms with Gasteiger partial charge in [-0.05, 0) is 36.6 Å². The summed E-state index contributed by atoms with van der Waals surface area (Å²) in [6.45, 7) is 8.45. The number of benzene rings is 1. The Labute approximate surface area is 86.5 Å². The maximum atomic E-state index is 5.82. The molecule has 0 saturated carbocycles. The van der Waals surface area contributed by atoms with Crippen LogP contribution in [-0.4, -0.2) is 6.54 Å². The Balaban J connectivity index is 2.54. The lowest BCUT2D eigenvalue weighted by Gasteiger charge is -2.10. The van der Waals surface area contributed by atoms with Crippen molar-refractivity contribution in [2.24, 2.45) is 5.92 Å². The summed E-state index contributed by atoms with van der Waals surface area (Å²) in [6, 6.07) is 6.08. The van der Waals surface area contributed by atoms with Gasteiger partial charge >= 0.3 is 0 Å². The second-order valence-corrected chi connectivity index (χ2v) is 4.16. The van der Waals surface area contributed by atoms with Gasteiger partial charge in [0.1, 0.15) is 0 Å². The zero-order valence-corrected chi connectivity index (χ0v) is 9.30. The standard InChI is InChI=1S/C12H20N2/c1-9(2)7-14-8-11-5-4-6-12(13)10(11)3/h4-6,9,14H,7-8,13H2,1-3H3. The second kappa shape index (κ2) is 5.01. The zero-order valence-electron chi connectivity index (χ0n) is 9.30. The van der Waals surface area contributed by atoms with Gasteiger partial charge < -0.3 is 11.1 Å². The van der Waals surface area contributed by atoms with Gasteiger partial charge in [-0.15, -0.1) is 0 Å². The van der Waals surface area contributed by atoms with Gasteiger partial charge in [-0.1, -0.05) is 26.0 Å². The van der Waals surface area contributed by atoms with E-state index in [-0.39, 0.29) is 0 Å². The molecule has 0 saturated heterocycles. The number of nitrogens with two attached hydrogens (primary N) is 1. The van der Waals surface area contributed by atoms with Gasteiger partial charge in [0.15, 0.2) is 0 Å². The van der Waals surface area contributed by atoms with E-state index in [1.165, 1.54) is 11.1 Å². The summed E-state index contributed by atoms with van der Waals surface area (Å²) in [5, 5.41) is 3.41. The van der Waals surface area contributed by atoms with Gasteiger partial charge in [0.2, 0.25) is 0 Å². The third-order valence-corrected chi connectivity index (χ3v) is 2.36. The van der Waals surface area contributed by atoms with E-state index in [0.29, 0.717) is 5.92 Å². The highest BCUT2D eigenvalue weighted by Gasteiger charge is 2.00. The van der Waals surface area contributed by atoms with Crippen molar-refractivity contribution in [1.82, 2.24) is 5.32 Å². The average Bonchev–Trinajstić information content (AvgIpc) is 2.12. The maximum absolute atomic E-state index is 5.82. The van der Waals surface area contributed by atoms with Crippen LogP contribution in [0.3, 0.4) is 0 Å². The van der Waals surface area contributed by atoms with Crippen LogP contribution >= 0.6 is 0 Å². The molecule has 2 nitrogen and oxygen atoms in total. The summed E-state index contributed by atoms with van der Waals surface area (Å²) in [5.41, 5.74) is 9.20. The van der Waals surface area contributed by atoms with E-state index in [9.17, 15) is 0 Å². The monoisotopic (exact) mass is 192 g/mol. The molecule has 0 atom stereocenters. The van der Waals surface area contributed by atoms with Gasteiger partial charge in [0.25, 0.3) is 0 Å². The van der Waals surface area contributed by atoms with Crippen molar-refractivity contribution < 1.29 is 0 Å². The van der Waals surface area contributed by atoms with Crippen LogP contribution in [0.1, 0.15) is 25.0 Å². The number of hydrogen-bond donors (Lipinski definition) is 2. The molecule has 0 unspecified atom stereocenters. The van der Waals surface area contributed by atoms with Crippen molar-refractivity contribution in [2.45, 2.75) is 27.3 Å². The first-order valence-corrected chi connectivity index (χ1v) is 5.16. The molecule has 0 aliphatic carbocycles. The molecule has 0 aliphatic heterocycles. The lowest BCUT2D eigenvalue weighted by Crippen LogP contribution is -2.19. The highest BCUT2D eigenvalue weighted by Crippen LogP contribution is 2.14. The smallest absolute Gasteiger partial charge is 0.0346 e. The molecule has 0 aliphatic rings. The van der Waals surface area contributed by atoms with Gasteiger partial charge in [-0.25, -0.2) is 0 Å². The lowest BCUT2D eigenvalue weighted by molar-refractivity contribution is 0.551. The molecule has 0 spiro atoms. The molecule has 1 aromatic rings. The Morgan fingerprint density at radius 2 is 2.07 bits per heavy atom. The summed E-state index contributed by atoms with van der Waals surface area (Å²) in [7, 11) is 0. The van der Waals surface area contributed by atoms with Crippen molar-refractivity contribution in [3.8, 4) is 0 Å². The summed E-state index contributed by atoms with van der Waals surface area (Å²) in [5.74, 6) is 0.691. The SMILES string of the molecule is Cc1c(N)cccc1CNCC(C)C. The minimum Gasteiger partial charge on any atom is -0.399 e. The third-order valence-electron chi connectivity index (χ3n) is 2.36. The van der Waals surface area contributed by atoms with Crippen LogP contribution < -0.4 is 11.1 Å². The topological polar surface area (TPSA) is 38.0 Å². The maximum Gasteiger partial charge on any atom is 0.0346 e. The second-order valence-electron chi connectivity index (χ2n) is 4.16. The number of nitrogen functional groups attached to an aromatic ring is 1. The molecule has 1 rings (SSSR count). The van der Waals surface area contributed by atoms with Crippen LogP contribution in [0.15, 0.2) is 18.2 Å². The normalized spacial score (nSPS) is 10.9. The fraction of sp³-hybridized carbons (Fsp3) is 0.500. The molecular formula is C12H20N2. The summed E-state index contributed by atoms with van der Waals surface area (Å²) < 4.78 is 0. The van der Waals surface area contributed by atoms with E-state index in [4.69, 9.17) is 5.73 Å². The van der Waals surface area contributed by atoms with Crippen molar-refractivity contribution >= 4 is 5.69 Å². The largest absolute Gasteiger partial charge is 0.399 e.